The first-order valence-electron chi connectivity index (χ1n) is 9.17. The average molecular weight is 470 g/mol. The smallest absolute Gasteiger partial charge is 0.306 e. The number of esters is 1. The Bertz CT molecular complexity index is 695. The number of carboxylic acid groups (broad SMARTS) is 3. The molecule has 1 fully saturated rings. The lowest BCUT2D eigenvalue weighted by Crippen LogP contribution is -2.61. The fourth-order valence-electron chi connectivity index (χ4n) is 3.47. The summed E-state index contributed by atoms with van der Waals surface area (Å²) in [7, 11) is 0. The highest BCUT2D eigenvalue weighted by Gasteiger charge is 2.48. The van der Waals surface area contributed by atoms with Gasteiger partial charge in [0.15, 0.2) is 5.11 Å². The average Bonchev–Trinajstić information content (AvgIpc) is 2.62. The lowest BCUT2D eigenvalue weighted by molar-refractivity contribution is -0.179. The summed E-state index contributed by atoms with van der Waals surface area (Å²) in [5.41, 5.74) is 0. The molecule has 0 aromatic heterocycles. The molecule has 31 heavy (non-hydrogen) atoms. The Morgan fingerprint density at radius 3 is 2.03 bits per heavy atom. The van der Waals surface area contributed by atoms with Gasteiger partial charge in [-0.15, -0.1) is 0 Å². The SMILES string of the molecule is CC(=O)OC[C@@H]1O[C@@H](CC(=O)O)[C@H](NC(=S)NCC(F)F)[C@H](CC(=O)O)[C@@H]1CC(=O)O. The second kappa shape index (κ2) is 12.3. The standard InChI is InChI=1S/C17H24F2N2O9S/c1-7(22)29-6-11-8(2-13(23)24)9(3-14(25)26)16(10(30-11)4-15(27)28)21-17(31)20-5-12(18)19/h8-12,16H,2-6H2,1H3,(H,23,24)(H,25,26)(H,27,28)(H2,20,21,31)/t8-,9+,10-,11-,16+/m0/s1. The van der Waals surface area contributed by atoms with Crippen molar-refractivity contribution in [3.05, 3.63) is 0 Å². The summed E-state index contributed by atoms with van der Waals surface area (Å²) in [6, 6.07) is -1.12. The first-order chi connectivity index (χ1) is 14.4. The molecule has 0 aliphatic carbocycles. The maximum absolute atomic E-state index is 12.4. The van der Waals surface area contributed by atoms with Gasteiger partial charge in [0.05, 0.1) is 44.1 Å². The molecule has 1 rings (SSSR count). The van der Waals surface area contributed by atoms with E-state index in [1.165, 1.54) is 0 Å². The Morgan fingerprint density at radius 2 is 1.55 bits per heavy atom. The number of hydrogen-bond acceptors (Lipinski definition) is 7. The minimum atomic E-state index is -2.74. The van der Waals surface area contributed by atoms with E-state index in [1.54, 1.807) is 0 Å². The lowest BCUT2D eigenvalue weighted by atomic mass is 9.73. The number of hydrogen-bond donors (Lipinski definition) is 5. The molecule has 0 spiro atoms. The van der Waals surface area contributed by atoms with E-state index in [1.807, 2.05) is 0 Å². The molecule has 1 saturated heterocycles. The van der Waals surface area contributed by atoms with Crippen LogP contribution in [0, 0.1) is 11.8 Å². The Labute approximate surface area is 181 Å². The highest BCUT2D eigenvalue weighted by Crippen LogP contribution is 2.37. The number of nitrogens with one attached hydrogen (secondary N) is 2. The molecule has 1 aliphatic heterocycles. The minimum absolute atomic E-state index is 0.299. The van der Waals surface area contributed by atoms with Crippen molar-refractivity contribution >= 4 is 41.2 Å². The van der Waals surface area contributed by atoms with Crippen LogP contribution >= 0.6 is 12.2 Å². The van der Waals surface area contributed by atoms with E-state index >= 15 is 0 Å². The second-order valence-corrected chi connectivity index (χ2v) is 7.32. The predicted molar refractivity (Wildman–Crippen MR) is 103 cm³/mol. The van der Waals surface area contributed by atoms with Crippen LogP contribution in [-0.2, 0) is 28.7 Å². The van der Waals surface area contributed by atoms with Gasteiger partial charge in [-0.2, -0.15) is 0 Å². The van der Waals surface area contributed by atoms with Gasteiger partial charge in [0, 0.05) is 12.8 Å². The Morgan fingerprint density at radius 1 is 1.00 bits per heavy atom. The summed E-state index contributed by atoms with van der Waals surface area (Å²) in [6.45, 7) is -0.115. The van der Waals surface area contributed by atoms with E-state index in [-0.39, 0.29) is 5.11 Å². The van der Waals surface area contributed by atoms with Crippen LogP contribution in [0.15, 0.2) is 0 Å². The van der Waals surface area contributed by atoms with Gasteiger partial charge in [0.25, 0.3) is 6.43 Å². The van der Waals surface area contributed by atoms with Crippen molar-refractivity contribution in [2.45, 2.75) is 50.9 Å². The molecule has 5 N–H and O–H groups in total. The summed E-state index contributed by atoms with van der Waals surface area (Å²) in [5.74, 6) is -6.63. The molecule has 176 valence electrons. The van der Waals surface area contributed by atoms with Crippen molar-refractivity contribution in [2.75, 3.05) is 13.2 Å². The summed E-state index contributed by atoms with van der Waals surface area (Å²) in [4.78, 5) is 45.4. The Balaban J connectivity index is 3.27. The monoisotopic (exact) mass is 470 g/mol. The van der Waals surface area contributed by atoms with Gasteiger partial charge in [-0.1, -0.05) is 0 Å². The number of rotatable bonds is 11. The van der Waals surface area contributed by atoms with Gasteiger partial charge >= 0.3 is 23.9 Å². The number of halogens is 2. The van der Waals surface area contributed by atoms with Crippen LogP contribution in [0.5, 0.6) is 0 Å². The first-order valence-corrected chi connectivity index (χ1v) is 9.58. The van der Waals surface area contributed by atoms with Crippen LogP contribution in [0.4, 0.5) is 8.78 Å². The highest BCUT2D eigenvalue weighted by molar-refractivity contribution is 7.80. The van der Waals surface area contributed by atoms with E-state index in [0.29, 0.717) is 0 Å². The van der Waals surface area contributed by atoms with Crippen molar-refractivity contribution in [2.24, 2.45) is 11.8 Å². The van der Waals surface area contributed by atoms with Crippen LogP contribution in [0.2, 0.25) is 0 Å². The van der Waals surface area contributed by atoms with Gasteiger partial charge < -0.3 is 35.4 Å². The van der Waals surface area contributed by atoms with Crippen molar-refractivity contribution in [3.63, 3.8) is 0 Å². The largest absolute Gasteiger partial charge is 0.481 e. The van der Waals surface area contributed by atoms with Gasteiger partial charge in [-0.3, -0.25) is 19.2 Å². The number of alkyl halides is 2. The van der Waals surface area contributed by atoms with Crippen LogP contribution in [0.3, 0.4) is 0 Å². The molecule has 5 atom stereocenters. The number of carbonyl (C=O) groups is 4. The van der Waals surface area contributed by atoms with Gasteiger partial charge in [0.1, 0.15) is 6.61 Å². The predicted octanol–water partition coefficient (Wildman–Crippen LogP) is 0.0712. The zero-order valence-corrected chi connectivity index (χ0v) is 17.3. The number of aliphatic carboxylic acids is 3. The molecular weight excluding hydrogens is 446 g/mol. The number of ether oxygens (including phenoxy) is 2. The number of thiocarbonyl (C=S) groups is 1. The third-order valence-corrected chi connectivity index (χ3v) is 4.86. The van der Waals surface area contributed by atoms with Gasteiger partial charge in [-0.05, 0) is 18.1 Å². The lowest BCUT2D eigenvalue weighted by Gasteiger charge is -2.46. The summed E-state index contributed by atoms with van der Waals surface area (Å²) in [6.07, 6.45) is -6.84. The summed E-state index contributed by atoms with van der Waals surface area (Å²) in [5, 5.41) is 32.4. The Kier molecular flexibility index (Phi) is 10.5. The van der Waals surface area contributed by atoms with E-state index in [0.717, 1.165) is 6.92 Å². The molecule has 0 radical (unpaired) electrons. The molecular formula is C17H24F2N2O9S. The molecule has 0 aromatic carbocycles. The van der Waals surface area contributed by atoms with E-state index in [4.69, 9.17) is 21.7 Å². The third-order valence-electron chi connectivity index (χ3n) is 4.60. The maximum Gasteiger partial charge on any atom is 0.306 e. The topological polar surface area (TPSA) is 171 Å². The third kappa shape index (κ3) is 9.38. The normalized spacial score (nSPS) is 25.5. The molecule has 0 bridgehead atoms. The fourth-order valence-corrected chi connectivity index (χ4v) is 3.69. The summed E-state index contributed by atoms with van der Waals surface area (Å²) < 4.78 is 35.5. The molecule has 0 unspecified atom stereocenters. The van der Waals surface area contributed by atoms with E-state index in [2.05, 4.69) is 10.6 Å². The summed E-state index contributed by atoms with van der Waals surface area (Å²) >= 11 is 4.94. The van der Waals surface area contributed by atoms with Crippen molar-refractivity contribution in [1.29, 1.82) is 0 Å². The minimum Gasteiger partial charge on any atom is -0.481 e. The number of carboxylic acids is 3. The molecule has 1 heterocycles. The maximum atomic E-state index is 12.4. The van der Waals surface area contributed by atoms with Crippen molar-refractivity contribution in [3.8, 4) is 0 Å². The van der Waals surface area contributed by atoms with Crippen LogP contribution in [0.1, 0.15) is 26.2 Å². The quantitative estimate of drug-likeness (QED) is 0.204. The van der Waals surface area contributed by atoms with E-state index in [9.17, 15) is 43.3 Å². The second-order valence-electron chi connectivity index (χ2n) is 6.91. The van der Waals surface area contributed by atoms with Crippen LogP contribution < -0.4 is 10.6 Å². The molecule has 11 nitrogen and oxygen atoms in total. The molecule has 0 amide bonds. The highest BCUT2D eigenvalue weighted by atomic mass is 32.1. The van der Waals surface area contributed by atoms with Crippen LogP contribution in [-0.4, -0.2) is 82.1 Å². The van der Waals surface area contributed by atoms with Crippen molar-refractivity contribution < 1.29 is 52.8 Å². The first kappa shape index (κ1) is 26.4. The van der Waals surface area contributed by atoms with Crippen molar-refractivity contribution in [1.82, 2.24) is 10.6 Å². The number of carbonyl (C=O) groups excluding carboxylic acids is 1. The van der Waals surface area contributed by atoms with Gasteiger partial charge in [0.2, 0.25) is 0 Å². The van der Waals surface area contributed by atoms with Crippen LogP contribution in [0.25, 0.3) is 0 Å². The Hall–Kier alpha value is -2.61. The molecule has 0 aromatic rings. The van der Waals surface area contributed by atoms with E-state index < -0.39 is 92.8 Å². The fraction of sp³-hybridized carbons (Fsp3) is 0.706. The molecule has 14 heteroatoms. The van der Waals surface area contributed by atoms with Gasteiger partial charge in [-0.25, -0.2) is 8.78 Å². The molecule has 1 aliphatic rings. The zero-order chi connectivity index (χ0) is 23.7. The zero-order valence-electron chi connectivity index (χ0n) is 16.5. The molecule has 0 saturated carbocycles.